The second-order valence-electron chi connectivity index (χ2n) is 5.11. The Bertz CT molecular complexity index is 400. The smallest absolute Gasteiger partial charge is 0.0956 e. The van der Waals surface area contributed by atoms with Gasteiger partial charge in [-0.2, -0.15) is 0 Å². The number of morpholine rings is 1. The molecule has 2 rings (SSSR count). The minimum Gasteiger partial charge on any atom is -0.368 e. The number of ether oxygens (including phenoxy) is 1. The molecule has 1 aliphatic heterocycles. The van der Waals surface area contributed by atoms with Crippen molar-refractivity contribution in [3.05, 3.63) is 34.4 Å². The van der Waals surface area contributed by atoms with E-state index >= 15 is 0 Å². The third kappa shape index (κ3) is 2.70. The molecule has 1 N–H and O–H groups in total. The van der Waals surface area contributed by atoms with Crippen LogP contribution in [0, 0.1) is 20.8 Å². The topological polar surface area (TPSA) is 21.3 Å². The fourth-order valence-corrected chi connectivity index (χ4v) is 2.46. The van der Waals surface area contributed by atoms with E-state index in [1.807, 2.05) is 0 Å². The van der Waals surface area contributed by atoms with Crippen molar-refractivity contribution in [2.75, 3.05) is 13.1 Å². The van der Waals surface area contributed by atoms with Gasteiger partial charge in [0.15, 0.2) is 0 Å². The average molecular weight is 233 g/mol. The fraction of sp³-hybridized carbons (Fsp3) is 0.600. The van der Waals surface area contributed by atoms with Gasteiger partial charge in [-0.3, -0.25) is 0 Å². The van der Waals surface area contributed by atoms with Gasteiger partial charge >= 0.3 is 0 Å². The van der Waals surface area contributed by atoms with Crippen LogP contribution in [0.1, 0.15) is 41.7 Å². The Hall–Kier alpha value is -0.860. The quantitative estimate of drug-likeness (QED) is 0.847. The molecule has 0 saturated carbocycles. The van der Waals surface area contributed by atoms with Crippen molar-refractivity contribution in [1.82, 2.24) is 5.32 Å². The number of nitrogens with one attached hydrogen (secondary N) is 1. The van der Waals surface area contributed by atoms with Gasteiger partial charge in [0.25, 0.3) is 0 Å². The van der Waals surface area contributed by atoms with Gasteiger partial charge in [0.2, 0.25) is 0 Å². The lowest BCUT2D eigenvalue weighted by atomic mass is 9.96. The molecule has 17 heavy (non-hydrogen) atoms. The number of hydrogen-bond acceptors (Lipinski definition) is 2. The van der Waals surface area contributed by atoms with Crippen molar-refractivity contribution in [2.45, 2.75) is 46.3 Å². The van der Waals surface area contributed by atoms with Crippen LogP contribution in [0.3, 0.4) is 0 Å². The lowest BCUT2D eigenvalue weighted by Gasteiger charge is -2.31. The molecule has 1 fully saturated rings. The second-order valence-corrected chi connectivity index (χ2v) is 5.11. The van der Waals surface area contributed by atoms with Crippen LogP contribution < -0.4 is 5.32 Å². The summed E-state index contributed by atoms with van der Waals surface area (Å²) < 4.78 is 6.13. The van der Waals surface area contributed by atoms with Crippen LogP contribution in [-0.2, 0) is 4.74 Å². The van der Waals surface area contributed by atoms with E-state index in [1.165, 1.54) is 22.3 Å². The number of rotatable bonds is 2. The maximum absolute atomic E-state index is 6.13. The van der Waals surface area contributed by atoms with Crippen LogP contribution in [0.25, 0.3) is 0 Å². The molecule has 0 amide bonds. The normalized spacial score (nSPS) is 24.9. The summed E-state index contributed by atoms with van der Waals surface area (Å²) >= 11 is 0. The van der Waals surface area contributed by atoms with Gasteiger partial charge in [-0.05, 0) is 49.4 Å². The Morgan fingerprint density at radius 2 is 1.82 bits per heavy atom. The molecular weight excluding hydrogens is 210 g/mol. The first kappa shape index (κ1) is 12.6. The van der Waals surface area contributed by atoms with E-state index in [9.17, 15) is 0 Å². The summed E-state index contributed by atoms with van der Waals surface area (Å²) in [6.07, 6.45) is 1.65. The highest BCUT2D eigenvalue weighted by Gasteiger charge is 2.23. The van der Waals surface area contributed by atoms with Gasteiger partial charge in [-0.25, -0.2) is 0 Å². The first-order chi connectivity index (χ1) is 8.11. The molecule has 2 atom stereocenters. The first-order valence-corrected chi connectivity index (χ1v) is 6.55. The molecule has 0 aromatic heterocycles. The van der Waals surface area contributed by atoms with E-state index in [4.69, 9.17) is 4.74 Å². The molecule has 2 heteroatoms. The molecule has 2 unspecified atom stereocenters. The van der Waals surface area contributed by atoms with Gasteiger partial charge in [0.1, 0.15) is 0 Å². The van der Waals surface area contributed by atoms with Crippen LogP contribution in [0.4, 0.5) is 0 Å². The van der Waals surface area contributed by atoms with Gasteiger partial charge in [-0.15, -0.1) is 0 Å². The van der Waals surface area contributed by atoms with Crippen molar-refractivity contribution in [3.8, 4) is 0 Å². The van der Waals surface area contributed by atoms with Gasteiger partial charge < -0.3 is 10.1 Å². The van der Waals surface area contributed by atoms with Crippen molar-refractivity contribution in [2.24, 2.45) is 0 Å². The van der Waals surface area contributed by atoms with E-state index < -0.39 is 0 Å². The lowest BCUT2D eigenvalue weighted by Crippen LogP contribution is -2.40. The van der Waals surface area contributed by atoms with Gasteiger partial charge in [0, 0.05) is 13.1 Å². The van der Waals surface area contributed by atoms with Crippen molar-refractivity contribution < 1.29 is 4.74 Å². The molecule has 1 aromatic rings. The largest absolute Gasteiger partial charge is 0.368 e. The van der Waals surface area contributed by atoms with E-state index in [0.717, 1.165) is 19.5 Å². The third-order valence-electron chi connectivity index (χ3n) is 3.74. The Kier molecular flexibility index (Phi) is 3.85. The van der Waals surface area contributed by atoms with E-state index in [2.05, 4.69) is 45.1 Å². The minimum absolute atomic E-state index is 0.216. The Labute approximate surface area is 104 Å². The zero-order valence-corrected chi connectivity index (χ0v) is 11.3. The number of benzene rings is 1. The highest BCUT2D eigenvalue weighted by Crippen LogP contribution is 2.27. The summed E-state index contributed by atoms with van der Waals surface area (Å²) in [6, 6.07) is 4.55. The van der Waals surface area contributed by atoms with Gasteiger partial charge in [0.05, 0.1) is 12.2 Å². The van der Waals surface area contributed by atoms with E-state index in [1.54, 1.807) is 0 Å². The highest BCUT2D eigenvalue weighted by atomic mass is 16.5. The standard InChI is InChI=1S/C15H23NO/c1-5-13-8-16-9-15(17-13)14-7-11(3)10(2)6-12(14)4/h6-7,13,15-16H,5,8-9H2,1-4H3. The summed E-state index contributed by atoms with van der Waals surface area (Å²) in [5, 5.41) is 3.47. The average Bonchev–Trinajstić information content (AvgIpc) is 2.34. The molecular formula is C15H23NO. The summed E-state index contributed by atoms with van der Waals surface area (Å²) in [4.78, 5) is 0. The SMILES string of the molecule is CCC1CNCC(c2cc(C)c(C)cc2C)O1. The van der Waals surface area contributed by atoms with Crippen molar-refractivity contribution in [3.63, 3.8) is 0 Å². The summed E-state index contributed by atoms with van der Waals surface area (Å²) in [6.45, 7) is 10.6. The highest BCUT2D eigenvalue weighted by molar-refractivity contribution is 5.38. The maximum atomic E-state index is 6.13. The Morgan fingerprint density at radius 1 is 1.12 bits per heavy atom. The molecule has 0 spiro atoms. The van der Waals surface area contributed by atoms with Crippen LogP contribution >= 0.6 is 0 Å². The molecule has 1 saturated heterocycles. The minimum atomic E-state index is 0.216. The van der Waals surface area contributed by atoms with E-state index in [-0.39, 0.29) is 6.10 Å². The molecule has 1 aromatic carbocycles. The molecule has 0 aliphatic carbocycles. The van der Waals surface area contributed by atoms with Gasteiger partial charge in [-0.1, -0.05) is 19.1 Å². The Morgan fingerprint density at radius 3 is 2.53 bits per heavy atom. The summed E-state index contributed by atoms with van der Waals surface area (Å²) in [5.41, 5.74) is 5.41. The molecule has 1 aliphatic rings. The van der Waals surface area contributed by atoms with Crippen LogP contribution in [0.2, 0.25) is 0 Å². The van der Waals surface area contributed by atoms with E-state index in [0.29, 0.717) is 6.10 Å². The molecule has 0 radical (unpaired) electrons. The predicted molar refractivity (Wildman–Crippen MR) is 71.4 cm³/mol. The van der Waals surface area contributed by atoms with Crippen molar-refractivity contribution in [1.29, 1.82) is 0 Å². The van der Waals surface area contributed by atoms with Crippen LogP contribution in [0.15, 0.2) is 12.1 Å². The summed E-state index contributed by atoms with van der Waals surface area (Å²) in [7, 11) is 0. The molecule has 0 bridgehead atoms. The van der Waals surface area contributed by atoms with Crippen LogP contribution in [0.5, 0.6) is 0 Å². The van der Waals surface area contributed by atoms with Crippen LogP contribution in [-0.4, -0.2) is 19.2 Å². The molecule has 2 nitrogen and oxygen atoms in total. The number of hydrogen-bond donors (Lipinski definition) is 1. The zero-order chi connectivity index (χ0) is 12.4. The molecule has 1 heterocycles. The first-order valence-electron chi connectivity index (χ1n) is 6.55. The third-order valence-corrected chi connectivity index (χ3v) is 3.74. The monoisotopic (exact) mass is 233 g/mol. The maximum Gasteiger partial charge on any atom is 0.0956 e. The predicted octanol–water partition coefficient (Wildman–Crippen LogP) is 3.05. The Balaban J connectivity index is 2.24. The summed E-state index contributed by atoms with van der Waals surface area (Å²) in [5.74, 6) is 0. The number of aryl methyl sites for hydroxylation is 3. The molecule has 94 valence electrons. The fourth-order valence-electron chi connectivity index (χ4n) is 2.46. The lowest BCUT2D eigenvalue weighted by molar-refractivity contribution is -0.0402. The second kappa shape index (κ2) is 5.19. The zero-order valence-electron chi connectivity index (χ0n) is 11.3. The van der Waals surface area contributed by atoms with Crippen molar-refractivity contribution >= 4 is 0 Å².